The zero-order valence-electron chi connectivity index (χ0n) is 11.9. The summed E-state index contributed by atoms with van der Waals surface area (Å²) in [6.07, 6.45) is 4.13. The van der Waals surface area contributed by atoms with Crippen LogP contribution in [0, 0.1) is 0 Å². The van der Waals surface area contributed by atoms with Gasteiger partial charge in [0.15, 0.2) is 0 Å². The van der Waals surface area contributed by atoms with Gasteiger partial charge in [0.05, 0.1) is 12.7 Å². The monoisotopic (exact) mass is 270 g/mol. The Kier molecular flexibility index (Phi) is 6.07. The lowest BCUT2D eigenvalue weighted by molar-refractivity contribution is -0.145. The van der Waals surface area contributed by atoms with Crippen molar-refractivity contribution in [1.82, 2.24) is 10.2 Å². The Labute approximate surface area is 115 Å². The van der Waals surface area contributed by atoms with Gasteiger partial charge >= 0.3 is 0 Å². The first-order valence-corrected chi connectivity index (χ1v) is 7.54. The average molecular weight is 270 g/mol. The molecular formula is C14H26N2O3. The van der Waals surface area contributed by atoms with Gasteiger partial charge in [0.2, 0.25) is 0 Å². The summed E-state index contributed by atoms with van der Waals surface area (Å²) < 4.78 is 11.3. The van der Waals surface area contributed by atoms with Gasteiger partial charge in [0.1, 0.15) is 6.10 Å². The fourth-order valence-corrected chi connectivity index (χ4v) is 2.67. The minimum atomic E-state index is -0.290. The second-order valence-corrected chi connectivity index (χ2v) is 5.31. The van der Waals surface area contributed by atoms with Gasteiger partial charge in [-0.25, -0.2) is 0 Å². The van der Waals surface area contributed by atoms with Crippen LogP contribution in [0.3, 0.4) is 0 Å². The maximum Gasteiger partial charge on any atom is 0.253 e. The first-order chi connectivity index (χ1) is 9.31. The molecule has 5 heteroatoms. The molecule has 110 valence electrons. The summed E-state index contributed by atoms with van der Waals surface area (Å²) in [4.78, 5) is 14.3. The number of nitrogens with zero attached hydrogens (tertiary/aromatic N) is 1. The predicted molar refractivity (Wildman–Crippen MR) is 73.1 cm³/mol. The molecule has 0 spiro atoms. The number of likely N-dealkylation sites (tertiary alicyclic amines) is 1. The predicted octanol–water partition coefficient (Wildman–Crippen LogP) is 0.783. The first kappa shape index (κ1) is 14.8. The van der Waals surface area contributed by atoms with E-state index in [1.165, 1.54) is 0 Å². The fraction of sp³-hybridized carbons (Fsp3) is 0.929. The van der Waals surface area contributed by atoms with Crippen molar-refractivity contribution in [3.8, 4) is 0 Å². The van der Waals surface area contributed by atoms with Gasteiger partial charge in [0.25, 0.3) is 5.91 Å². The van der Waals surface area contributed by atoms with Crippen LogP contribution in [0.4, 0.5) is 0 Å². The zero-order valence-corrected chi connectivity index (χ0v) is 11.9. The van der Waals surface area contributed by atoms with Crippen molar-refractivity contribution in [2.45, 2.75) is 44.8 Å². The maximum atomic E-state index is 12.3. The molecule has 2 rings (SSSR count). The highest BCUT2D eigenvalue weighted by atomic mass is 16.5. The van der Waals surface area contributed by atoms with E-state index in [2.05, 4.69) is 12.2 Å². The van der Waals surface area contributed by atoms with Gasteiger partial charge in [-0.05, 0) is 25.7 Å². The highest BCUT2D eigenvalue weighted by molar-refractivity contribution is 5.81. The Morgan fingerprint density at radius 3 is 3.05 bits per heavy atom. The molecule has 1 amide bonds. The summed E-state index contributed by atoms with van der Waals surface area (Å²) in [6.45, 7) is 6.71. The fourth-order valence-electron chi connectivity index (χ4n) is 2.67. The number of amides is 1. The Morgan fingerprint density at radius 2 is 2.32 bits per heavy atom. The number of carbonyl (C=O) groups is 1. The van der Waals surface area contributed by atoms with Crippen molar-refractivity contribution < 1.29 is 14.3 Å². The maximum absolute atomic E-state index is 12.3. The van der Waals surface area contributed by atoms with Crippen molar-refractivity contribution in [2.75, 3.05) is 39.4 Å². The van der Waals surface area contributed by atoms with Crippen LogP contribution in [0.15, 0.2) is 0 Å². The van der Waals surface area contributed by atoms with E-state index in [4.69, 9.17) is 9.47 Å². The number of ether oxygens (including phenoxy) is 2. The van der Waals surface area contributed by atoms with Gasteiger partial charge in [-0.2, -0.15) is 0 Å². The van der Waals surface area contributed by atoms with Crippen LogP contribution < -0.4 is 5.32 Å². The lowest BCUT2D eigenvalue weighted by Crippen LogP contribution is -2.49. The number of hydrogen-bond donors (Lipinski definition) is 1. The van der Waals surface area contributed by atoms with Crippen LogP contribution in [0.25, 0.3) is 0 Å². The lowest BCUT2D eigenvalue weighted by Gasteiger charge is -2.29. The highest BCUT2D eigenvalue weighted by Crippen LogP contribution is 2.16. The molecule has 1 N–H and O–H groups in total. The Bertz CT molecular complexity index is 280. The van der Waals surface area contributed by atoms with E-state index in [0.717, 1.165) is 51.9 Å². The van der Waals surface area contributed by atoms with Crippen LogP contribution in [0.1, 0.15) is 32.6 Å². The van der Waals surface area contributed by atoms with Gasteiger partial charge in [-0.3, -0.25) is 4.79 Å². The summed E-state index contributed by atoms with van der Waals surface area (Å²) in [5.74, 6) is 0.142. The standard InChI is InChI=1S/C14H26N2O3/c1-2-9-18-12-4-3-7-16(8-5-12)14(17)13-11-15-6-10-19-13/h12-13,15H,2-11H2,1H3. The van der Waals surface area contributed by atoms with Crippen molar-refractivity contribution >= 4 is 5.91 Å². The van der Waals surface area contributed by atoms with Crippen molar-refractivity contribution in [3.63, 3.8) is 0 Å². The van der Waals surface area contributed by atoms with E-state index in [1.54, 1.807) is 0 Å². The molecule has 0 aromatic rings. The van der Waals surface area contributed by atoms with Crippen LogP contribution in [0.2, 0.25) is 0 Å². The van der Waals surface area contributed by atoms with Crippen LogP contribution in [-0.2, 0) is 14.3 Å². The summed E-state index contributed by atoms with van der Waals surface area (Å²) in [5.41, 5.74) is 0. The van der Waals surface area contributed by atoms with E-state index in [1.807, 2.05) is 4.90 Å². The SMILES string of the molecule is CCCOC1CCCN(C(=O)C2CNCCO2)CC1. The molecule has 0 radical (unpaired) electrons. The second-order valence-electron chi connectivity index (χ2n) is 5.31. The topological polar surface area (TPSA) is 50.8 Å². The average Bonchev–Trinajstić information content (AvgIpc) is 2.71. The molecule has 2 heterocycles. The molecule has 2 aliphatic rings. The van der Waals surface area contributed by atoms with Gasteiger partial charge in [0, 0.05) is 32.8 Å². The molecule has 0 bridgehead atoms. The van der Waals surface area contributed by atoms with E-state index in [9.17, 15) is 4.79 Å². The van der Waals surface area contributed by atoms with Crippen LogP contribution in [0.5, 0.6) is 0 Å². The first-order valence-electron chi connectivity index (χ1n) is 7.54. The molecule has 2 fully saturated rings. The van der Waals surface area contributed by atoms with E-state index < -0.39 is 0 Å². The third kappa shape index (κ3) is 4.44. The molecule has 2 saturated heterocycles. The Balaban J connectivity index is 1.79. The molecule has 2 atom stereocenters. The summed E-state index contributed by atoms with van der Waals surface area (Å²) in [5, 5.41) is 3.21. The smallest absolute Gasteiger partial charge is 0.253 e. The molecular weight excluding hydrogens is 244 g/mol. The van der Waals surface area contributed by atoms with Crippen molar-refractivity contribution in [2.24, 2.45) is 0 Å². The summed E-state index contributed by atoms with van der Waals surface area (Å²) in [7, 11) is 0. The van der Waals surface area contributed by atoms with Crippen molar-refractivity contribution in [1.29, 1.82) is 0 Å². The Morgan fingerprint density at radius 1 is 1.42 bits per heavy atom. The van der Waals surface area contributed by atoms with Crippen molar-refractivity contribution in [3.05, 3.63) is 0 Å². The third-order valence-electron chi connectivity index (χ3n) is 3.75. The molecule has 0 aromatic carbocycles. The Hall–Kier alpha value is -0.650. The molecule has 0 saturated carbocycles. The van der Waals surface area contributed by atoms with E-state index in [-0.39, 0.29) is 12.0 Å². The molecule has 19 heavy (non-hydrogen) atoms. The molecule has 2 unspecified atom stereocenters. The highest BCUT2D eigenvalue weighted by Gasteiger charge is 2.28. The minimum absolute atomic E-state index is 0.142. The number of hydrogen-bond acceptors (Lipinski definition) is 4. The molecule has 0 aromatic heterocycles. The van der Waals surface area contributed by atoms with E-state index >= 15 is 0 Å². The zero-order chi connectivity index (χ0) is 13.5. The van der Waals surface area contributed by atoms with Crippen LogP contribution >= 0.6 is 0 Å². The molecule has 0 aliphatic carbocycles. The third-order valence-corrected chi connectivity index (χ3v) is 3.75. The number of carbonyl (C=O) groups excluding carboxylic acids is 1. The number of morpholine rings is 1. The summed E-state index contributed by atoms with van der Waals surface area (Å²) in [6, 6.07) is 0. The second kappa shape index (κ2) is 7.82. The normalized spacial score (nSPS) is 29.0. The molecule has 2 aliphatic heterocycles. The molecule has 5 nitrogen and oxygen atoms in total. The summed E-state index contributed by atoms with van der Waals surface area (Å²) >= 11 is 0. The lowest BCUT2D eigenvalue weighted by atomic mass is 10.1. The number of nitrogens with one attached hydrogen (secondary N) is 1. The van der Waals surface area contributed by atoms with Gasteiger partial charge in [-0.15, -0.1) is 0 Å². The minimum Gasteiger partial charge on any atom is -0.378 e. The number of rotatable bonds is 4. The quantitative estimate of drug-likeness (QED) is 0.820. The van der Waals surface area contributed by atoms with E-state index in [0.29, 0.717) is 19.3 Å². The van der Waals surface area contributed by atoms with Gasteiger partial charge < -0.3 is 19.7 Å². The van der Waals surface area contributed by atoms with Gasteiger partial charge in [-0.1, -0.05) is 6.92 Å². The largest absolute Gasteiger partial charge is 0.378 e. The van der Waals surface area contributed by atoms with Crippen LogP contribution in [-0.4, -0.2) is 62.4 Å².